The Bertz CT molecular complexity index is 248. The zero-order chi connectivity index (χ0) is 12.3. The smallest absolute Gasteiger partial charge is 0.221 e. The lowest BCUT2D eigenvalue weighted by molar-refractivity contribution is -0.122. The van der Waals surface area contributed by atoms with Gasteiger partial charge in [-0.15, -0.1) is 0 Å². The molecule has 2 unspecified atom stereocenters. The van der Waals surface area contributed by atoms with Crippen molar-refractivity contribution in [2.24, 2.45) is 17.1 Å². The number of carbonyl (C=O) groups is 1. The van der Waals surface area contributed by atoms with Gasteiger partial charge in [-0.25, -0.2) is 0 Å². The average Bonchev–Trinajstić information content (AvgIpc) is 2.45. The summed E-state index contributed by atoms with van der Waals surface area (Å²) in [5.41, 5.74) is 6.15. The van der Waals surface area contributed by atoms with Crippen LogP contribution in [-0.2, 0) is 4.79 Å². The first-order valence-electron chi connectivity index (χ1n) is 6.38. The molecule has 3 N–H and O–H groups in total. The number of nitrogens with one attached hydrogen (secondary N) is 1. The molecule has 1 saturated carbocycles. The number of amides is 1. The van der Waals surface area contributed by atoms with Crippen LogP contribution in [0.4, 0.5) is 0 Å². The van der Waals surface area contributed by atoms with Gasteiger partial charge < -0.3 is 11.1 Å². The first-order chi connectivity index (χ1) is 7.33. The van der Waals surface area contributed by atoms with Crippen molar-refractivity contribution in [2.75, 3.05) is 0 Å². The molecule has 0 radical (unpaired) electrons. The SMILES string of the molecule is CC(C)C(N)CC(=O)NC1CCCC1(C)C. The molecule has 1 fully saturated rings. The fourth-order valence-electron chi connectivity index (χ4n) is 2.30. The van der Waals surface area contributed by atoms with E-state index in [0.717, 1.165) is 6.42 Å². The monoisotopic (exact) mass is 226 g/mol. The van der Waals surface area contributed by atoms with Gasteiger partial charge in [0.15, 0.2) is 0 Å². The average molecular weight is 226 g/mol. The Labute approximate surface area is 99.2 Å². The molecule has 0 spiro atoms. The van der Waals surface area contributed by atoms with Gasteiger partial charge >= 0.3 is 0 Å². The molecule has 16 heavy (non-hydrogen) atoms. The van der Waals surface area contributed by atoms with E-state index >= 15 is 0 Å². The normalized spacial score (nSPS) is 25.8. The quantitative estimate of drug-likeness (QED) is 0.771. The van der Waals surface area contributed by atoms with Gasteiger partial charge in [0.1, 0.15) is 0 Å². The molecule has 1 aliphatic carbocycles. The van der Waals surface area contributed by atoms with Crippen molar-refractivity contribution in [3.05, 3.63) is 0 Å². The lowest BCUT2D eigenvalue weighted by atomic mass is 9.87. The third kappa shape index (κ3) is 3.48. The largest absolute Gasteiger partial charge is 0.353 e. The van der Waals surface area contributed by atoms with Crippen LogP contribution in [0, 0.1) is 11.3 Å². The highest BCUT2D eigenvalue weighted by atomic mass is 16.1. The van der Waals surface area contributed by atoms with Crippen molar-refractivity contribution < 1.29 is 4.79 Å². The van der Waals surface area contributed by atoms with Crippen LogP contribution in [0.3, 0.4) is 0 Å². The summed E-state index contributed by atoms with van der Waals surface area (Å²) in [6.07, 6.45) is 3.97. The molecule has 0 bridgehead atoms. The van der Waals surface area contributed by atoms with Gasteiger partial charge in [0.2, 0.25) is 5.91 Å². The van der Waals surface area contributed by atoms with Crippen LogP contribution in [0.25, 0.3) is 0 Å². The van der Waals surface area contributed by atoms with Crippen LogP contribution in [0.15, 0.2) is 0 Å². The predicted octanol–water partition coefficient (Wildman–Crippen LogP) is 2.05. The number of hydrogen-bond donors (Lipinski definition) is 2. The fourth-order valence-corrected chi connectivity index (χ4v) is 2.30. The molecule has 0 saturated heterocycles. The number of carbonyl (C=O) groups excluding carboxylic acids is 1. The van der Waals surface area contributed by atoms with Gasteiger partial charge in [-0.3, -0.25) is 4.79 Å². The highest BCUT2D eigenvalue weighted by molar-refractivity contribution is 5.77. The van der Waals surface area contributed by atoms with Gasteiger partial charge in [0, 0.05) is 18.5 Å². The maximum absolute atomic E-state index is 11.8. The van der Waals surface area contributed by atoms with Gasteiger partial charge in [0.25, 0.3) is 0 Å². The van der Waals surface area contributed by atoms with Gasteiger partial charge in [-0.1, -0.05) is 34.1 Å². The van der Waals surface area contributed by atoms with E-state index in [1.54, 1.807) is 0 Å². The number of hydrogen-bond acceptors (Lipinski definition) is 2. The third-order valence-corrected chi connectivity index (χ3v) is 3.87. The molecule has 94 valence electrons. The zero-order valence-electron chi connectivity index (χ0n) is 11.0. The van der Waals surface area contributed by atoms with E-state index < -0.39 is 0 Å². The minimum atomic E-state index is -0.0236. The Morgan fingerprint density at radius 3 is 2.56 bits per heavy atom. The lowest BCUT2D eigenvalue weighted by Gasteiger charge is -2.28. The zero-order valence-corrected chi connectivity index (χ0v) is 11.0. The summed E-state index contributed by atoms with van der Waals surface area (Å²) in [5.74, 6) is 0.475. The van der Waals surface area contributed by atoms with Crippen LogP contribution in [0.2, 0.25) is 0 Å². The summed E-state index contributed by atoms with van der Waals surface area (Å²) in [6, 6.07) is 0.309. The molecule has 0 heterocycles. The summed E-state index contributed by atoms with van der Waals surface area (Å²) < 4.78 is 0. The first-order valence-corrected chi connectivity index (χ1v) is 6.38. The van der Waals surface area contributed by atoms with Gasteiger partial charge in [0.05, 0.1) is 0 Å². The Balaban J connectivity index is 2.40. The second kappa shape index (κ2) is 5.17. The molecule has 0 aromatic heterocycles. The van der Waals surface area contributed by atoms with E-state index in [1.807, 2.05) is 0 Å². The number of rotatable bonds is 4. The van der Waals surface area contributed by atoms with E-state index in [-0.39, 0.29) is 17.4 Å². The minimum Gasteiger partial charge on any atom is -0.353 e. The summed E-state index contributed by atoms with van der Waals surface area (Å²) >= 11 is 0. The summed E-state index contributed by atoms with van der Waals surface area (Å²) in [4.78, 5) is 11.8. The molecule has 3 nitrogen and oxygen atoms in total. The molecular formula is C13H26N2O. The molecule has 0 aliphatic heterocycles. The van der Waals surface area contributed by atoms with Crippen LogP contribution >= 0.6 is 0 Å². The van der Waals surface area contributed by atoms with Crippen molar-refractivity contribution in [2.45, 2.75) is 65.5 Å². The highest BCUT2D eigenvalue weighted by Crippen LogP contribution is 2.37. The van der Waals surface area contributed by atoms with Gasteiger partial charge in [-0.05, 0) is 24.2 Å². The Hall–Kier alpha value is -0.570. The van der Waals surface area contributed by atoms with E-state index in [1.165, 1.54) is 12.8 Å². The van der Waals surface area contributed by atoms with Crippen LogP contribution in [0.1, 0.15) is 53.4 Å². The maximum Gasteiger partial charge on any atom is 0.221 e. The Morgan fingerprint density at radius 1 is 1.50 bits per heavy atom. The van der Waals surface area contributed by atoms with E-state index in [2.05, 4.69) is 33.0 Å². The predicted molar refractivity (Wildman–Crippen MR) is 67.0 cm³/mol. The van der Waals surface area contributed by atoms with E-state index in [0.29, 0.717) is 18.4 Å². The molecule has 2 atom stereocenters. The molecule has 1 aliphatic rings. The summed E-state index contributed by atoms with van der Waals surface area (Å²) in [6.45, 7) is 8.57. The van der Waals surface area contributed by atoms with E-state index in [4.69, 9.17) is 5.73 Å². The van der Waals surface area contributed by atoms with Gasteiger partial charge in [-0.2, -0.15) is 0 Å². The second-order valence-electron chi connectivity index (χ2n) is 6.11. The van der Waals surface area contributed by atoms with Crippen molar-refractivity contribution in [3.63, 3.8) is 0 Å². The molecular weight excluding hydrogens is 200 g/mol. The second-order valence-corrected chi connectivity index (χ2v) is 6.11. The molecule has 0 aromatic carbocycles. The minimum absolute atomic E-state index is 0.0236. The number of nitrogens with two attached hydrogens (primary N) is 1. The Kier molecular flexibility index (Phi) is 4.36. The lowest BCUT2D eigenvalue weighted by Crippen LogP contribution is -2.44. The molecule has 3 heteroatoms. The van der Waals surface area contributed by atoms with E-state index in [9.17, 15) is 4.79 Å². The fraction of sp³-hybridized carbons (Fsp3) is 0.923. The molecule has 0 aromatic rings. The van der Waals surface area contributed by atoms with Crippen molar-refractivity contribution >= 4 is 5.91 Å². The first kappa shape index (κ1) is 13.5. The van der Waals surface area contributed by atoms with Crippen LogP contribution in [-0.4, -0.2) is 18.0 Å². The third-order valence-electron chi connectivity index (χ3n) is 3.87. The van der Waals surface area contributed by atoms with Crippen molar-refractivity contribution in [1.82, 2.24) is 5.32 Å². The topological polar surface area (TPSA) is 55.1 Å². The standard InChI is InChI=1S/C13H26N2O/c1-9(2)10(14)8-12(16)15-11-6-5-7-13(11,3)4/h9-11H,5-8,14H2,1-4H3,(H,15,16). The van der Waals surface area contributed by atoms with Crippen molar-refractivity contribution in [1.29, 1.82) is 0 Å². The van der Waals surface area contributed by atoms with Crippen LogP contribution < -0.4 is 11.1 Å². The summed E-state index contributed by atoms with van der Waals surface area (Å²) in [7, 11) is 0. The van der Waals surface area contributed by atoms with Crippen molar-refractivity contribution in [3.8, 4) is 0 Å². The van der Waals surface area contributed by atoms with Crippen LogP contribution in [0.5, 0.6) is 0 Å². The highest BCUT2D eigenvalue weighted by Gasteiger charge is 2.35. The molecule has 1 amide bonds. The maximum atomic E-state index is 11.8. The molecule has 1 rings (SSSR count). The Morgan fingerprint density at radius 2 is 2.12 bits per heavy atom. The summed E-state index contributed by atoms with van der Waals surface area (Å²) in [5, 5.41) is 3.14.